The van der Waals surface area contributed by atoms with Crippen molar-refractivity contribution in [1.29, 1.82) is 0 Å². The fraction of sp³-hybridized carbons (Fsp3) is 0.500. The van der Waals surface area contributed by atoms with Gasteiger partial charge in [0.2, 0.25) is 0 Å². The molecule has 0 saturated heterocycles. The van der Waals surface area contributed by atoms with Crippen molar-refractivity contribution in [2.45, 2.75) is 33.9 Å². The molecule has 2 aromatic rings. The molecule has 0 bridgehead atoms. The van der Waals surface area contributed by atoms with Crippen molar-refractivity contribution in [2.24, 2.45) is 5.92 Å². The summed E-state index contributed by atoms with van der Waals surface area (Å²) in [6.07, 6.45) is 3.63. The predicted molar refractivity (Wildman–Crippen MR) is 71.3 cm³/mol. The fourth-order valence-electron chi connectivity index (χ4n) is 1.82. The molecule has 0 aliphatic rings. The molecule has 2 aromatic heterocycles. The third-order valence-electron chi connectivity index (χ3n) is 2.82. The molecule has 0 aromatic carbocycles. The lowest BCUT2D eigenvalue weighted by Crippen LogP contribution is -2.18. The van der Waals surface area contributed by atoms with E-state index in [-0.39, 0.29) is 0 Å². The lowest BCUT2D eigenvalue weighted by molar-refractivity contribution is 0.474. The van der Waals surface area contributed by atoms with Crippen LogP contribution in [-0.2, 0) is 13.1 Å². The SMILES string of the molecule is Cc1ccnn1Cc1cc(CNCC(C)C)co1. The van der Waals surface area contributed by atoms with Crippen LogP contribution in [0.2, 0.25) is 0 Å². The molecule has 4 nitrogen and oxygen atoms in total. The Labute approximate surface area is 108 Å². The second-order valence-electron chi connectivity index (χ2n) is 5.08. The summed E-state index contributed by atoms with van der Waals surface area (Å²) in [5.74, 6) is 1.62. The fourth-order valence-corrected chi connectivity index (χ4v) is 1.82. The molecule has 2 heterocycles. The van der Waals surface area contributed by atoms with Gasteiger partial charge in [0.1, 0.15) is 5.76 Å². The highest BCUT2D eigenvalue weighted by Crippen LogP contribution is 2.10. The lowest BCUT2D eigenvalue weighted by atomic mass is 10.2. The van der Waals surface area contributed by atoms with E-state index in [2.05, 4.69) is 30.3 Å². The van der Waals surface area contributed by atoms with Gasteiger partial charge in [-0.1, -0.05) is 13.8 Å². The molecule has 4 heteroatoms. The summed E-state index contributed by atoms with van der Waals surface area (Å²) in [5, 5.41) is 7.65. The van der Waals surface area contributed by atoms with Crippen LogP contribution in [-0.4, -0.2) is 16.3 Å². The minimum Gasteiger partial charge on any atom is -0.467 e. The molecular weight excluding hydrogens is 226 g/mol. The van der Waals surface area contributed by atoms with Crippen molar-refractivity contribution in [3.63, 3.8) is 0 Å². The summed E-state index contributed by atoms with van der Waals surface area (Å²) < 4.78 is 7.48. The van der Waals surface area contributed by atoms with Crippen LogP contribution in [0.4, 0.5) is 0 Å². The number of nitrogens with zero attached hydrogens (tertiary/aromatic N) is 2. The number of hydrogen-bond donors (Lipinski definition) is 1. The van der Waals surface area contributed by atoms with E-state index in [1.807, 2.05) is 30.1 Å². The quantitative estimate of drug-likeness (QED) is 0.853. The van der Waals surface area contributed by atoms with Crippen molar-refractivity contribution in [3.05, 3.63) is 41.6 Å². The van der Waals surface area contributed by atoms with Crippen molar-refractivity contribution >= 4 is 0 Å². The summed E-state index contributed by atoms with van der Waals surface area (Å²) in [5.41, 5.74) is 2.33. The van der Waals surface area contributed by atoms with Crippen LogP contribution in [0, 0.1) is 12.8 Å². The summed E-state index contributed by atoms with van der Waals surface area (Å²) in [6.45, 7) is 9.03. The van der Waals surface area contributed by atoms with E-state index in [0.717, 1.165) is 24.5 Å². The zero-order valence-electron chi connectivity index (χ0n) is 11.3. The maximum atomic E-state index is 5.55. The van der Waals surface area contributed by atoms with E-state index in [1.165, 1.54) is 5.56 Å². The van der Waals surface area contributed by atoms with Gasteiger partial charge >= 0.3 is 0 Å². The van der Waals surface area contributed by atoms with Gasteiger partial charge in [0, 0.05) is 24.0 Å². The number of aromatic nitrogens is 2. The van der Waals surface area contributed by atoms with E-state index < -0.39 is 0 Å². The smallest absolute Gasteiger partial charge is 0.125 e. The Morgan fingerprint density at radius 1 is 1.44 bits per heavy atom. The molecule has 0 radical (unpaired) electrons. The van der Waals surface area contributed by atoms with Crippen LogP contribution in [0.1, 0.15) is 30.9 Å². The molecule has 98 valence electrons. The Hall–Kier alpha value is -1.55. The maximum absolute atomic E-state index is 5.55. The molecule has 0 saturated carbocycles. The largest absolute Gasteiger partial charge is 0.467 e. The number of furan rings is 1. The van der Waals surface area contributed by atoms with E-state index in [9.17, 15) is 0 Å². The number of hydrogen-bond acceptors (Lipinski definition) is 3. The van der Waals surface area contributed by atoms with Gasteiger partial charge in [0.25, 0.3) is 0 Å². The summed E-state index contributed by atoms with van der Waals surface area (Å²) in [4.78, 5) is 0. The zero-order chi connectivity index (χ0) is 13.0. The second kappa shape index (κ2) is 5.87. The highest BCUT2D eigenvalue weighted by molar-refractivity contribution is 5.13. The van der Waals surface area contributed by atoms with Gasteiger partial charge in [-0.25, -0.2) is 0 Å². The standard InChI is InChI=1S/C14H21N3O/c1-11(2)7-15-8-13-6-14(18-10-13)9-17-12(3)4-5-16-17/h4-6,10-11,15H,7-9H2,1-3H3. The third-order valence-corrected chi connectivity index (χ3v) is 2.82. The van der Waals surface area contributed by atoms with Crippen LogP contribution >= 0.6 is 0 Å². The molecular formula is C14H21N3O. The van der Waals surface area contributed by atoms with Crippen LogP contribution in [0.3, 0.4) is 0 Å². The monoisotopic (exact) mass is 247 g/mol. The van der Waals surface area contributed by atoms with Crippen molar-refractivity contribution < 1.29 is 4.42 Å². The maximum Gasteiger partial charge on any atom is 0.125 e. The number of aryl methyl sites for hydroxylation is 1. The highest BCUT2D eigenvalue weighted by atomic mass is 16.3. The Balaban J connectivity index is 1.88. The first-order chi connectivity index (χ1) is 8.65. The van der Waals surface area contributed by atoms with Crippen LogP contribution < -0.4 is 5.32 Å². The molecule has 0 unspecified atom stereocenters. The number of rotatable bonds is 6. The Kier molecular flexibility index (Phi) is 4.20. The summed E-state index contributed by atoms with van der Waals surface area (Å²) in [7, 11) is 0. The Bertz CT molecular complexity index is 485. The van der Waals surface area contributed by atoms with E-state index >= 15 is 0 Å². The van der Waals surface area contributed by atoms with Gasteiger partial charge in [0.15, 0.2) is 0 Å². The van der Waals surface area contributed by atoms with Crippen molar-refractivity contribution in [2.75, 3.05) is 6.54 Å². The summed E-state index contributed by atoms with van der Waals surface area (Å²) in [6, 6.07) is 4.09. The predicted octanol–water partition coefficient (Wildman–Crippen LogP) is 2.58. The minimum absolute atomic E-state index is 0.670. The molecule has 1 N–H and O–H groups in total. The van der Waals surface area contributed by atoms with Crippen molar-refractivity contribution in [3.8, 4) is 0 Å². The topological polar surface area (TPSA) is 43.0 Å². The first kappa shape index (κ1) is 12.9. The van der Waals surface area contributed by atoms with Crippen LogP contribution in [0.25, 0.3) is 0 Å². The molecule has 2 rings (SSSR count). The Morgan fingerprint density at radius 3 is 2.94 bits per heavy atom. The second-order valence-corrected chi connectivity index (χ2v) is 5.08. The molecule has 18 heavy (non-hydrogen) atoms. The van der Waals surface area contributed by atoms with Gasteiger partial charge in [-0.15, -0.1) is 0 Å². The first-order valence-electron chi connectivity index (χ1n) is 6.40. The first-order valence-corrected chi connectivity index (χ1v) is 6.40. The number of nitrogens with one attached hydrogen (secondary N) is 1. The third kappa shape index (κ3) is 3.47. The zero-order valence-corrected chi connectivity index (χ0v) is 11.3. The normalized spacial score (nSPS) is 11.3. The van der Waals surface area contributed by atoms with Crippen LogP contribution in [0.15, 0.2) is 29.0 Å². The Morgan fingerprint density at radius 2 is 2.28 bits per heavy atom. The van der Waals surface area contributed by atoms with Gasteiger partial charge in [-0.2, -0.15) is 5.10 Å². The van der Waals surface area contributed by atoms with E-state index in [1.54, 1.807) is 0 Å². The molecule has 0 aliphatic carbocycles. The lowest BCUT2D eigenvalue weighted by Gasteiger charge is -2.04. The van der Waals surface area contributed by atoms with Gasteiger partial charge in [-0.05, 0) is 31.5 Å². The molecule has 0 fully saturated rings. The average Bonchev–Trinajstić information content (AvgIpc) is 2.90. The van der Waals surface area contributed by atoms with Gasteiger partial charge in [0.05, 0.1) is 12.8 Å². The van der Waals surface area contributed by atoms with E-state index in [0.29, 0.717) is 12.5 Å². The minimum atomic E-state index is 0.670. The molecule has 0 atom stereocenters. The van der Waals surface area contributed by atoms with Crippen LogP contribution in [0.5, 0.6) is 0 Å². The van der Waals surface area contributed by atoms with Gasteiger partial charge in [-0.3, -0.25) is 4.68 Å². The molecule has 0 aliphatic heterocycles. The highest BCUT2D eigenvalue weighted by Gasteiger charge is 2.05. The average molecular weight is 247 g/mol. The van der Waals surface area contributed by atoms with E-state index in [4.69, 9.17) is 4.42 Å². The molecule has 0 amide bonds. The molecule has 0 spiro atoms. The summed E-state index contributed by atoms with van der Waals surface area (Å²) >= 11 is 0. The van der Waals surface area contributed by atoms with Crippen molar-refractivity contribution in [1.82, 2.24) is 15.1 Å². The van der Waals surface area contributed by atoms with Gasteiger partial charge < -0.3 is 9.73 Å².